The van der Waals surface area contributed by atoms with Gasteiger partial charge in [0.05, 0.1) is 35.0 Å². The largest absolute Gasteiger partial charge is 0.479 e. The first-order chi connectivity index (χ1) is 22.3. The Hall–Kier alpha value is -4.03. The summed E-state index contributed by atoms with van der Waals surface area (Å²) in [4.78, 5) is 27.0. The van der Waals surface area contributed by atoms with Crippen molar-refractivity contribution in [1.82, 2.24) is 0 Å². The van der Waals surface area contributed by atoms with Crippen LogP contribution in [-0.4, -0.2) is 99.2 Å². The second-order valence-corrected chi connectivity index (χ2v) is 10.4. The molecule has 3 N–H and O–H groups in total. The Morgan fingerprint density at radius 1 is 0.756 bits per heavy atom. The van der Waals surface area contributed by atoms with Crippen LogP contribution in [-0.2, 0) is 43.2 Å². The van der Waals surface area contributed by atoms with Gasteiger partial charge < -0.3 is 39.3 Å². The summed E-state index contributed by atoms with van der Waals surface area (Å²) in [7, 11) is -1.00. The summed E-state index contributed by atoms with van der Waals surface area (Å²) in [5, 5.41) is 28.0. The van der Waals surface area contributed by atoms with Gasteiger partial charge in [0, 0.05) is 50.4 Å². The molecular formula is C34H43FN2O8. The third-order valence-electron chi connectivity index (χ3n) is 7.26. The summed E-state index contributed by atoms with van der Waals surface area (Å²) in [6.45, 7) is 6.64. The molecule has 2 atom stereocenters. The molecule has 0 saturated carbocycles. The molecule has 0 amide bonds. The van der Waals surface area contributed by atoms with E-state index in [0.29, 0.717) is 0 Å². The number of morpholine rings is 2. The Labute approximate surface area is 265 Å². The van der Waals surface area contributed by atoms with Gasteiger partial charge >= 0.3 is 11.9 Å². The van der Waals surface area contributed by atoms with Crippen molar-refractivity contribution in [2.24, 2.45) is 0 Å². The Morgan fingerprint density at radius 3 is 1.60 bits per heavy atom. The number of benzene rings is 3. The maximum absolute atomic E-state index is 11.9. The number of anilines is 2. The number of aliphatic hydroxyl groups excluding tert-OH is 2. The number of hydrogen-bond donors (Lipinski definition) is 3. The predicted octanol–water partition coefficient (Wildman–Crippen LogP) is 3.27. The van der Waals surface area contributed by atoms with Crippen LogP contribution in [0.3, 0.4) is 0 Å². The number of aliphatic hydroxyl groups is 2. The van der Waals surface area contributed by atoms with E-state index >= 15 is 0 Å². The van der Waals surface area contributed by atoms with Gasteiger partial charge in [0.15, 0.2) is 12.2 Å². The second kappa shape index (κ2) is 19.4. The van der Waals surface area contributed by atoms with E-state index in [1.807, 2.05) is 78.9 Å². The molecule has 3 aromatic rings. The molecule has 0 bridgehead atoms. The van der Waals surface area contributed by atoms with Crippen molar-refractivity contribution < 1.29 is 44.9 Å². The Morgan fingerprint density at radius 2 is 1.18 bits per heavy atom. The number of ether oxygens (including phenoxy) is 3. The molecule has 3 aromatic carbocycles. The van der Waals surface area contributed by atoms with Gasteiger partial charge in [-0.05, 0) is 41.0 Å². The number of carboxylic acid groups (broad SMARTS) is 1. The van der Waals surface area contributed by atoms with Crippen molar-refractivity contribution in [2.75, 3.05) is 69.6 Å². The van der Waals surface area contributed by atoms with E-state index in [9.17, 15) is 24.2 Å². The zero-order valence-electron chi connectivity index (χ0n) is 26.3. The average molecular weight is 628 g/mol. The fourth-order valence-corrected chi connectivity index (χ4v) is 4.77. The molecule has 2 aliphatic rings. The number of carboxylic acids is 1. The SMILES string of the molecule is O=C(O)[C@H](O)Cc1ccc(N2CCOCC2)cc1.O=C(OCc1ccccc1)[C@H](O)Cc1ccc(N2CCOCC2)cc1.[2H]CF. The zero-order chi connectivity index (χ0) is 33.1. The monoisotopic (exact) mass is 627 g/mol. The van der Waals surface area contributed by atoms with Crippen molar-refractivity contribution >= 4 is 23.3 Å². The maximum Gasteiger partial charge on any atom is 0.335 e. The highest BCUT2D eigenvalue weighted by Crippen LogP contribution is 2.19. The van der Waals surface area contributed by atoms with Crippen LogP contribution in [0.15, 0.2) is 78.9 Å². The number of aliphatic carboxylic acids is 1. The first-order valence-electron chi connectivity index (χ1n) is 15.5. The number of carbonyl (C=O) groups excluding carboxylic acids is 1. The van der Waals surface area contributed by atoms with Crippen LogP contribution in [0.25, 0.3) is 0 Å². The number of rotatable bonds is 10. The van der Waals surface area contributed by atoms with Crippen molar-refractivity contribution in [2.45, 2.75) is 31.7 Å². The fraction of sp³-hybridized carbons (Fsp3) is 0.412. The minimum absolute atomic E-state index is 0.138. The first-order valence-corrected chi connectivity index (χ1v) is 14.8. The fourth-order valence-electron chi connectivity index (χ4n) is 4.77. The predicted molar refractivity (Wildman–Crippen MR) is 169 cm³/mol. The minimum atomic E-state index is -1.33. The maximum atomic E-state index is 11.9. The molecule has 0 aliphatic carbocycles. The van der Waals surface area contributed by atoms with Crippen LogP contribution < -0.4 is 9.80 Å². The quantitative estimate of drug-likeness (QED) is 0.288. The highest BCUT2D eigenvalue weighted by Gasteiger charge is 2.18. The molecule has 5 rings (SSSR count). The number of hydrogen-bond acceptors (Lipinski definition) is 9. The molecule has 2 fully saturated rings. The Balaban J connectivity index is 0.000000241. The summed E-state index contributed by atoms with van der Waals surface area (Å²) < 4.78 is 31.3. The molecule has 10 nitrogen and oxygen atoms in total. The lowest BCUT2D eigenvalue weighted by Gasteiger charge is -2.29. The highest BCUT2D eigenvalue weighted by atomic mass is 19.1. The molecular weight excluding hydrogens is 583 g/mol. The second-order valence-electron chi connectivity index (χ2n) is 10.4. The number of nitrogens with zero attached hydrogens (tertiary/aromatic N) is 2. The minimum Gasteiger partial charge on any atom is -0.479 e. The van der Waals surface area contributed by atoms with Gasteiger partial charge in [-0.15, -0.1) is 0 Å². The van der Waals surface area contributed by atoms with Crippen LogP contribution in [0.5, 0.6) is 0 Å². The van der Waals surface area contributed by atoms with Crippen LogP contribution >= 0.6 is 0 Å². The molecule has 0 spiro atoms. The zero-order valence-corrected chi connectivity index (χ0v) is 25.3. The highest BCUT2D eigenvalue weighted by molar-refractivity contribution is 5.75. The molecule has 244 valence electrons. The van der Waals surface area contributed by atoms with E-state index in [4.69, 9.17) is 20.7 Å². The molecule has 2 saturated heterocycles. The third kappa shape index (κ3) is 12.1. The van der Waals surface area contributed by atoms with Crippen molar-refractivity contribution in [3.63, 3.8) is 0 Å². The van der Waals surface area contributed by atoms with Gasteiger partial charge in [0.2, 0.25) is 0 Å². The molecule has 0 radical (unpaired) electrons. The molecule has 2 aliphatic heterocycles. The Kier molecular flexibility index (Phi) is 14.6. The Bertz CT molecular complexity index is 1290. The molecule has 2 heterocycles. The average Bonchev–Trinajstić information content (AvgIpc) is 3.09. The van der Waals surface area contributed by atoms with Crippen molar-refractivity contribution in [3.05, 3.63) is 95.6 Å². The van der Waals surface area contributed by atoms with Gasteiger partial charge in [-0.25, -0.2) is 9.59 Å². The summed E-state index contributed by atoms with van der Waals surface area (Å²) in [6.07, 6.45) is -2.10. The third-order valence-corrected chi connectivity index (χ3v) is 7.26. The number of halogens is 1. The molecule has 0 aromatic heterocycles. The van der Waals surface area contributed by atoms with E-state index in [0.717, 1.165) is 80.7 Å². The summed E-state index contributed by atoms with van der Waals surface area (Å²) >= 11 is 0. The van der Waals surface area contributed by atoms with E-state index < -0.39 is 31.3 Å². The van der Waals surface area contributed by atoms with Gasteiger partial charge in [-0.1, -0.05) is 54.6 Å². The molecule has 11 heteroatoms. The van der Waals surface area contributed by atoms with E-state index in [2.05, 4.69) is 9.80 Å². The lowest BCUT2D eigenvalue weighted by molar-refractivity contribution is -0.154. The van der Waals surface area contributed by atoms with E-state index in [1.165, 1.54) is 0 Å². The lowest BCUT2D eigenvalue weighted by Crippen LogP contribution is -2.36. The first kappa shape index (κ1) is 33.9. The number of esters is 1. The standard InChI is InChI=1S/C20H23NO4.C13H17NO4.CH3F/c22-19(20(23)25-15-17-4-2-1-3-5-17)14-16-6-8-18(9-7-16)21-10-12-24-13-11-21;15-12(13(16)17)9-10-1-3-11(4-2-10)14-5-7-18-8-6-14;1-2/h1-9,19,22H,10-15H2;1-4,12,15H,5-9H2,(H,16,17);1H3/t19-;12-;/m11./s1/i;;1D. The lowest BCUT2D eigenvalue weighted by atomic mass is 10.1. The topological polar surface area (TPSA) is 129 Å². The van der Waals surface area contributed by atoms with Crippen LogP contribution in [0.2, 0.25) is 0 Å². The smallest absolute Gasteiger partial charge is 0.335 e. The molecule has 0 unspecified atom stereocenters. The summed E-state index contributed by atoms with van der Waals surface area (Å²) in [6, 6.07) is 25.0. The summed E-state index contributed by atoms with van der Waals surface area (Å²) in [5.74, 6) is -1.78. The van der Waals surface area contributed by atoms with Crippen LogP contribution in [0.4, 0.5) is 15.8 Å². The van der Waals surface area contributed by atoms with Gasteiger partial charge in [0.1, 0.15) is 6.61 Å². The van der Waals surface area contributed by atoms with Crippen LogP contribution in [0.1, 0.15) is 18.1 Å². The van der Waals surface area contributed by atoms with Crippen molar-refractivity contribution in [3.8, 4) is 0 Å². The van der Waals surface area contributed by atoms with E-state index in [-0.39, 0.29) is 19.4 Å². The van der Waals surface area contributed by atoms with Gasteiger partial charge in [-0.3, -0.25) is 4.39 Å². The molecule has 45 heavy (non-hydrogen) atoms. The van der Waals surface area contributed by atoms with Crippen LogP contribution in [0, 0.1) is 0 Å². The number of alkyl halides is 1. The summed E-state index contributed by atoms with van der Waals surface area (Å²) in [5.41, 5.74) is 4.86. The normalized spacial score (nSPS) is 16.1. The number of carbonyl (C=O) groups is 2. The van der Waals surface area contributed by atoms with Crippen molar-refractivity contribution in [1.29, 1.82) is 0 Å². The van der Waals surface area contributed by atoms with Gasteiger partial charge in [-0.2, -0.15) is 0 Å². The van der Waals surface area contributed by atoms with Gasteiger partial charge in [0.25, 0.3) is 0 Å². The van der Waals surface area contributed by atoms with E-state index in [1.54, 1.807) is 0 Å².